The van der Waals surface area contributed by atoms with Crippen LogP contribution < -0.4 is 15.8 Å². The predicted octanol–water partition coefficient (Wildman–Crippen LogP) is 3.85. The van der Waals surface area contributed by atoms with Gasteiger partial charge in [0.15, 0.2) is 0 Å². The molecule has 0 spiro atoms. The number of methoxy groups -OCH3 is 1. The van der Waals surface area contributed by atoms with E-state index in [2.05, 4.69) is 10.4 Å². The number of carbonyl (C=O) groups is 2. The number of nitrogens with two attached hydrogens (primary N) is 1. The van der Waals surface area contributed by atoms with Crippen LogP contribution in [0.25, 0.3) is 11.3 Å². The second kappa shape index (κ2) is 9.31. The summed E-state index contributed by atoms with van der Waals surface area (Å²) in [5.74, 6) is -1.83. The summed E-state index contributed by atoms with van der Waals surface area (Å²) in [6.45, 7) is 1.00. The van der Waals surface area contributed by atoms with Crippen molar-refractivity contribution in [2.45, 2.75) is 25.7 Å². The molecule has 0 aliphatic rings. The number of ether oxygens (including phenoxy) is 1. The van der Waals surface area contributed by atoms with Gasteiger partial charge in [0.25, 0.3) is 11.8 Å². The Morgan fingerprint density at radius 1 is 1.15 bits per heavy atom. The first-order chi connectivity index (χ1) is 15.5. The summed E-state index contributed by atoms with van der Waals surface area (Å²) in [5, 5.41) is 6.55. The fraction of sp³-hybridized carbons (Fsp3) is 0.227. The minimum atomic E-state index is -4.55. The first-order valence-electron chi connectivity index (χ1n) is 9.68. The molecule has 7 nitrogen and oxygen atoms in total. The average molecular weight is 464 g/mol. The van der Waals surface area contributed by atoms with Crippen LogP contribution in [-0.2, 0) is 6.54 Å². The zero-order valence-corrected chi connectivity index (χ0v) is 17.6. The molecule has 0 radical (unpaired) electrons. The van der Waals surface area contributed by atoms with Crippen molar-refractivity contribution in [3.05, 3.63) is 71.2 Å². The maximum absolute atomic E-state index is 13.5. The van der Waals surface area contributed by atoms with Gasteiger partial charge in [-0.05, 0) is 30.7 Å². The SMILES string of the molecule is COc1ccc(F)cc1C(=O)NCc1ccc(-c2nn([C@@H](C)C(F)(F)F)cc2C(N)=O)cc1. The summed E-state index contributed by atoms with van der Waals surface area (Å²) in [6, 6.07) is 7.92. The van der Waals surface area contributed by atoms with Gasteiger partial charge >= 0.3 is 6.18 Å². The number of nitrogens with zero attached hydrogens (tertiary/aromatic N) is 2. The van der Waals surface area contributed by atoms with Crippen LogP contribution >= 0.6 is 0 Å². The number of rotatable bonds is 7. The number of benzene rings is 2. The number of hydrogen-bond donors (Lipinski definition) is 2. The third-order valence-electron chi connectivity index (χ3n) is 4.95. The van der Waals surface area contributed by atoms with Crippen LogP contribution in [0.2, 0.25) is 0 Å². The first-order valence-corrected chi connectivity index (χ1v) is 9.68. The van der Waals surface area contributed by atoms with Crippen LogP contribution in [-0.4, -0.2) is 34.9 Å². The summed E-state index contributed by atoms with van der Waals surface area (Å²) >= 11 is 0. The molecule has 0 saturated heterocycles. The number of hydrogen-bond acceptors (Lipinski definition) is 4. The van der Waals surface area contributed by atoms with Gasteiger partial charge in [0.1, 0.15) is 23.3 Å². The molecule has 11 heteroatoms. The molecule has 2 amide bonds. The number of carbonyl (C=O) groups excluding carboxylic acids is 2. The summed E-state index contributed by atoms with van der Waals surface area (Å²) in [4.78, 5) is 24.1. The van der Waals surface area contributed by atoms with Gasteiger partial charge in [0.2, 0.25) is 0 Å². The molecule has 1 aromatic heterocycles. The van der Waals surface area contributed by atoms with E-state index in [9.17, 15) is 27.2 Å². The number of nitrogens with one attached hydrogen (secondary N) is 1. The van der Waals surface area contributed by atoms with Gasteiger partial charge in [0.05, 0.1) is 18.2 Å². The highest BCUT2D eigenvalue weighted by Gasteiger charge is 2.38. The van der Waals surface area contributed by atoms with Crippen molar-refractivity contribution in [1.29, 1.82) is 0 Å². The molecule has 0 aliphatic carbocycles. The van der Waals surface area contributed by atoms with E-state index in [0.717, 1.165) is 19.2 Å². The summed E-state index contributed by atoms with van der Waals surface area (Å²) in [5.41, 5.74) is 6.23. The van der Waals surface area contributed by atoms with Crippen molar-refractivity contribution < 1.29 is 31.9 Å². The van der Waals surface area contributed by atoms with Crippen molar-refractivity contribution in [3.63, 3.8) is 0 Å². The van der Waals surface area contributed by atoms with Crippen LogP contribution in [0.5, 0.6) is 5.75 Å². The van der Waals surface area contributed by atoms with Crippen molar-refractivity contribution in [2.24, 2.45) is 5.73 Å². The Balaban J connectivity index is 1.78. The molecule has 3 rings (SSSR count). The highest BCUT2D eigenvalue weighted by molar-refractivity contribution is 5.98. The summed E-state index contributed by atoms with van der Waals surface area (Å²) in [6.07, 6.45) is -3.58. The molecular formula is C22H20F4N4O3. The lowest BCUT2D eigenvalue weighted by Gasteiger charge is -2.15. The minimum absolute atomic E-state index is 0.0127. The first kappa shape index (κ1) is 23.8. The number of halogens is 4. The van der Waals surface area contributed by atoms with E-state index in [1.165, 1.54) is 19.2 Å². The van der Waals surface area contributed by atoms with Crippen LogP contribution in [0.4, 0.5) is 17.6 Å². The monoisotopic (exact) mass is 464 g/mol. The lowest BCUT2D eigenvalue weighted by atomic mass is 10.1. The molecule has 3 N–H and O–H groups in total. The van der Waals surface area contributed by atoms with Crippen LogP contribution in [0.3, 0.4) is 0 Å². The molecule has 1 heterocycles. The molecule has 174 valence electrons. The standard InChI is InChI=1S/C22H20F4N4O3/c1-12(22(24,25)26)30-11-17(20(27)31)19(29-30)14-5-3-13(4-6-14)10-28-21(32)16-9-15(23)7-8-18(16)33-2/h3-9,11-12H,10H2,1-2H3,(H2,27,31)(H,28,32)/t12-/m0/s1. The average Bonchev–Trinajstić information content (AvgIpc) is 3.22. The number of aromatic nitrogens is 2. The molecule has 0 bridgehead atoms. The fourth-order valence-electron chi connectivity index (χ4n) is 3.05. The van der Waals surface area contributed by atoms with Gasteiger partial charge in [-0.15, -0.1) is 0 Å². The second-order valence-electron chi connectivity index (χ2n) is 7.18. The normalized spacial score (nSPS) is 12.3. The highest BCUT2D eigenvalue weighted by Crippen LogP contribution is 2.32. The van der Waals surface area contributed by atoms with Crippen molar-refractivity contribution in [2.75, 3.05) is 7.11 Å². The predicted molar refractivity (Wildman–Crippen MR) is 111 cm³/mol. The van der Waals surface area contributed by atoms with E-state index in [0.29, 0.717) is 15.8 Å². The molecule has 0 saturated carbocycles. The Kier molecular flexibility index (Phi) is 6.70. The Morgan fingerprint density at radius 2 is 1.82 bits per heavy atom. The summed E-state index contributed by atoms with van der Waals surface area (Å²) < 4.78 is 58.3. The van der Waals surface area contributed by atoms with Gasteiger partial charge in [0, 0.05) is 18.3 Å². The number of amides is 2. The third-order valence-corrected chi connectivity index (χ3v) is 4.95. The zero-order valence-electron chi connectivity index (χ0n) is 17.6. The van der Waals surface area contributed by atoms with E-state index in [-0.39, 0.29) is 29.1 Å². The zero-order chi connectivity index (χ0) is 24.3. The van der Waals surface area contributed by atoms with Crippen LogP contribution in [0.1, 0.15) is 39.2 Å². The van der Waals surface area contributed by atoms with Gasteiger partial charge in [-0.3, -0.25) is 14.3 Å². The van der Waals surface area contributed by atoms with Gasteiger partial charge in [-0.1, -0.05) is 24.3 Å². The van der Waals surface area contributed by atoms with Crippen molar-refractivity contribution in [3.8, 4) is 17.0 Å². The second-order valence-corrected chi connectivity index (χ2v) is 7.18. The molecule has 1 atom stereocenters. The van der Waals surface area contributed by atoms with Gasteiger partial charge in [-0.2, -0.15) is 18.3 Å². The molecule has 3 aromatic rings. The summed E-state index contributed by atoms with van der Waals surface area (Å²) in [7, 11) is 1.36. The quantitative estimate of drug-likeness (QED) is 0.519. The Labute approximate surface area is 186 Å². The van der Waals surface area contributed by atoms with E-state index in [4.69, 9.17) is 10.5 Å². The van der Waals surface area contributed by atoms with E-state index in [1.54, 1.807) is 24.3 Å². The van der Waals surface area contributed by atoms with E-state index < -0.39 is 29.8 Å². The molecule has 0 unspecified atom stereocenters. The van der Waals surface area contributed by atoms with Crippen LogP contribution in [0, 0.1) is 5.82 Å². The Morgan fingerprint density at radius 3 is 2.39 bits per heavy atom. The largest absolute Gasteiger partial charge is 0.496 e. The fourth-order valence-corrected chi connectivity index (χ4v) is 3.05. The highest BCUT2D eigenvalue weighted by atomic mass is 19.4. The minimum Gasteiger partial charge on any atom is -0.496 e. The lowest BCUT2D eigenvalue weighted by Crippen LogP contribution is -2.24. The molecule has 0 fully saturated rings. The maximum atomic E-state index is 13.5. The molecule has 33 heavy (non-hydrogen) atoms. The van der Waals surface area contributed by atoms with Gasteiger partial charge < -0.3 is 15.8 Å². The third kappa shape index (κ3) is 5.30. The molecule has 2 aromatic carbocycles. The Bertz CT molecular complexity index is 1170. The molecule has 0 aliphatic heterocycles. The number of alkyl halides is 3. The van der Waals surface area contributed by atoms with Gasteiger partial charge in [-0.25, -0.2) is 4.39 Å². The van der Waals surface area contributed by atoms with E-state index in [1.807, 2.05) is 0 Å². The lowest BCUT2D eigenvalue weighted by molar-refractivity contribution is -0.165. The van der Waals surface area contributed by atoms with Crippen LogP contribution in [0.15, 0.2) is 48.7 Å². The smallest absolute Gasteiger partial charge is 0.410 e. The van der Waals surface area contributed by atoms with Crippen molar-refractivity contribution >= 4 is 11.8 Å². The number of primary amides is 1. The molecular weight excluding hydrogens is 444 g/mol. The van der Waals surface area contributed by atoms with Crippen molar-refractivity contribution in [1.82, 2.24) is 15.1 Å². The Hall–Kier alpha value is -3.89. The maximum Gasteiger partial charge on any atom is 0.410 e. The van der Waals surface area contributed by atoms with E-state index >= 15 is 0 Å². The topological polar surface area (TPSA) is 99.2 Å².